The molecular weight excluding hydrogens is 418 g/mol. The molecule has 2 atom stereocenters. The molecule has 1 aliphatic heterocycles. The van der Waals surface area contributed by atoms with Crippen molar-refractivity contribution in [3.63, 3.8) is 0 Å². The predicted octanol–water partition coefficient (Wildman–Crippen LogP) is 2.53. The topological polar surface area (TPSA) is 99.8 Å². The highest BCUT2D eigenvalue weighted by atomic mass is 32.2. The molecule has 0 bridgehead atoms. The summed E-state index contributed by atoms with van der Waals surface area (Å²) in [5.41, 5.74) is 0.799. The third kappa shape index (κ3) is 6.04. The SMILES string of the molecule is CCNC(=NCc1cccc(S(N)(=O)=O)c1)NCC1CCCN(C)C1c1cccs1. The fourth-order valence-electron chi connectivity index (χ4n) is 3.94. The van der Waals surface area contributed by atoms with Crippen molar-refractivity contribution in [2.45, 2.75) is 37.2 Å². The number of aliphatic imine (C=N–C) groups is 1. The van der Waals surface area contributed by atoms with Gasteiger partial charge in [-0.15, -0.1) is 11.3 Å². The van der Waals surface area contributed by atoms with Gasteiger partial charge in [-0.05, 0) is 68.4 Å². The fourth-order valence-corrected chi connectivity index (χ4v) is 5.51. The van der Waals surface area contributed by atoms with Gasteiger partial charge >= 0.3 is 0 Å². The zero-order chi connectivity index (χ0) is 21.6. The van der Waals surface area contributed by atoms with Crippen molar-refractivity contribution in [3.8, 4) is 0 Å². The molecule has 3 rings (SSSR count). The van der Waals surface area contributed by atoms with Crippen LogP contribution in [0.5, 0.6) is 0 Å². The second-order valence-corrected chi connectivity index (χ2v) is 10.2. The van der Waals surface area contributed by atoms with Gasteiger partial charge in [0.25, 0.3) is 0 Å². The first-order valence-electron chi connectivity index (χ1n) is 10.3. The van der Waals surface area contributed by atoms with E-state index in [0.29, 0.717) is 18.5 Å². The van der Waals surface area contributed by atoms with E-state index in [2.05, 4.69) is 45.1 Å². The average molecular weight is 450 g/mol. The van der Waals surface area contributed by atoms with E-state index in [9.17, 15) is 8.42 Å². The van der Waals surface area contributed by atoms with Crippen LogP contribution in [0.4, 0.5) is 0 Å². The predicted molar refractivity (Wildman–Crippen MR) is 123 cm³/mol. The largest absolute Gasteiger partial charge is 0.357 e. The lowest BCUT2D eigenvalue weighted by Gasteiger charge is -2.39. The number of primary sulfonamides is 1. The lowest BCUT2D eigenvalue weighted by atomic mass is 9.88. The van der Waals surface area contributed by atoms with Crippen LogP contribution < -0.4 is 15.8 Å². The smallest absolute Gasteiger partial charge is 0.238 e. The Morgan fingerprint density at radius 3 is 2.83 bits per heavy atom. The summed E-state index contributed by atoms with van der Waals surface area (Å²) in [6.45, 7) is 5.10. The molecule has 1 fully saturated rings. The number of hydrogen-bond acceptors (Lipinski definition) is 5. The average Bonchev–Trinajstić information content (AvgIpc) is 3.24. The number of sulfonamides is 1. The summed E-state index contributed by atoms with van der Waals surface area (Å²) < 4.78 is 23.1. The number of piperidine rings is 1. The third-order valence-electron chi connectivity index (χ3n) is 5.36. The number of nitrogens with zero attached hydrogens (tertiary/aromatic N) is 2. The molecule has 0 saturated carbocycles. The normalized spacial score (nSPS) is 20.8. The van der Waals surface area contributed by atoms with Gasteiger partial charge in [0.15, 0.2) is 5.96 Å². The van der Waals surface area contributed by atoms with E-state index in [1.165, 1.54) is 23.8 Å². The summed E-state index contributed by atoms with van der Waals surface area (Å²) in [7, 11) is -1.51. The molecule has 0 radical (unpaired) electrons. The van der Waals surface area contributed by atoms with Crippen LogP contribution in [0.15, 0.2) is 51.7 Å². The van der Waals surface area contributed by atoms with Gasteiger partial charge < -0.3 is 10.6 Å². The van der Waals surface area contributed by atoms with Crippen LogP contribution >= 0.6 is 11.3 Å². The van der Waals surface area contributed by atoms with Crippen molar-refractivity contribution in [2.75, 3.05) is 26.7 Å². The monoisotopic (exact) mass is 449 g/mol. The molecule has 1 aliphatic rings. The van der Waals surface area contributed by atoms with Crippen LogP contribution in [0.2, 0.25) is 0 Å². The number of rotatable bonds is 7. The number of nitrogens with one attached hydrogen (secondary N) is 2. The summed E-state index contributed by atoms with van der Waals surface area (Å²) in [5, 5.41) is 14.1. The number of benzene rings is 1. The van der Waals surface area contributed by atoms with Gasteiger partial charge in [-0.1, -0.05) is 18.2 Å². The van der Waals surface area contributed by atoms with Gasteiger partial charge in [0, 0.05) is 24.0 Å². The van der Waals surface area contributed by atoms with E-state index in [4.69, 9.17) is 5.14 Å². The molecule has 1 aromatic carbocycles. The van der Waals surface area contributed by atoms with E-state index >= 15 is 0 Å². The minimum Gasteiger partial charge on any atom is -0.357 e. The molecule has 30 heavy (non-hydrogen) atoms. The highest BCUT2D eigenvalue weighted by Crippen LogP contribution is 2.36. The maximum Gasteiger partial charge on any atom is 0.238 e. The van der Waals surface area contributed by atoms with Gasteiger partial charge in [0.1, 0.15) is 0 Å². The van der Waals surface area contributed by atoms with Crippen molar-refractivity contribution in [1.82, 2.24) is 15.5 Å². The molecule has 164 valence electrons. The first kappa shape index (κ1) is 22.7. The lowest BCUT2D eigenvalue weighted by molar-refractivity contribution is 0.125. The van der Waals surface area contributed by atoms with Crippen molar-refractivity contribution in [3.05, 3.63) is 52.2 Å². The van der Waals surface area contributed by atoms with E-state index < -0.39 is 10.0 Å². The molecule has 0 aliphatic carbocycles. The van der Waals surface area contributed by atoms with Crippen LogP contribution in [0.1, 0.15) is 36.2 Å². The molecule has 7 nitrogen and oxygen atoms in total. The molecule has 2 aromatic rings. The summed E-state index contributed by atoms with van der Waals surface area (Å²) in [5.74, 6) is 1.23. The van der Waals surface area contributed by atoms with E-state index in [1.54, 1.807) is 12.1 Å². The Balaban J connectivity index is 1.68. The van der Waals surface area contributed by atoms with Gasteiger partial charge in [-0.3, -0.25) is 4.90 Å². The maximum absolute atomic E-state index is 11.6. The first-order valence-corrected chi connectivity index (χ1v) is 12.7. The third-order valence-corrected chi connectivity index (χ3v) is 7.22. The summed E-state index contributed by atoms with van der Waals surface area (Å²) in [4.78, 5) is 8.61. The standard InChI is InChI=1S/C21H31N5O2S2/c1-3-23-21(24-14-16-7-4-9-18(13-16)30(22,27)28)25-15-17-8-5-11-26(2)20(17)19-10-6-12-29-19/h4,6-7,9-10,12-13,17,20H,3,5,8,11,14-15H2,1-2H3,(H2,22,27,28)(H2,23,24,25). The quantitative estimate of drug-likeness (QED) is 0.446. The van der Waals surface area contributed by atoms with Crippen molar-refractivity contribution in [2.24, 2.45) is 16.0 Å². The molecule has 1 aromatic heterocycles. The molecule has 4 N–H and O–H groups in total. The van der Waals surface area contributed by atoms with Crippen LogP contribution in [-0.2, 0) is 16.6 Å². The minimum absolute atomic E-state index is 0.109. The van der Waals surface area contributed by atoms with Crippen molar-refractivity contribution < 1.29 is 8.42 Å². The molecule has 0 amide bonds. The van der Waals surface area contributed by atoms with E-state index in [1.807, 2.05) is 24.3 Å². The molecule has 1 saturated heterocycles. The van der Waals surface area contributed by atoms with E-state index in [-0.39, 0.29) is 4.90 Å². The number of likely N-dealkylation sites (tertiary alicyclic amines) is 1. The highest BCUT2D eigenvalue weighted by molar-refractivity contribution is 7.89. The molecule has 0 spiro atoms. The van der Waals surface area contributed by atoms with Crippen LogP contribution in [0, 0.1) is 5.92 Å². The Morgan fingerprint density at radius 1 is 1.30 bits per heavy atom. The summed E-state index contributed by atoms with van der Waals surface area (Å²) in [6, 6.07) is 11.4. The second-order valence-electron chi connectivity index (χ2n) is 7.61. The Bertz CT molecular complexity index is 944. The molecule has 2 unspecified atom stereocenters. The van der Waals surface area contributed by atoms with Crippen LogP contribution in [0.25, 0.3) is 0 Å². The number of nitrogens with two attached hydrogens (primary N) is 1. The van der Waals surface area contributed by atoms with Crippen LogP contribution in [0.3, 0.4) is 0 Å². The van der Waals surface area contributed by atoms with Gasteiger partial charge in [-0.2, -0.15) is 0 Å². The zero-order valence-electron chi connectivity index (χ0n) is 17.5. The Hall–Kier alpha value is -1.94. The van der Waals surface area contributed by atoms with Crippen molar-refractivity contribution >= 4 is 27.3 Å². The molecular formula is C21H31N5O2S2. The Labute approximate surface area is 183 Å². The van der Waals surface area contributed by atoms with Gasteiger partial charge in [-0.25, -0.2) is 18.5 Å². The minimum atomic E-state index is -3.72. The first-order chi connectivity index (χ1) is 14.4. The fraction of sp³-hybridized carbons (Fsp3) is 0.476. The summed E-state index contributed by atoms with van der Waals surface area (Å²) in [6.07, 6.45) is 2.37. The maximum atomic E-state index is 11.6. The lowest BCUT2D eigenvalue weighted by Crippen LogP contribution is -2.44. The van der Waals surface area contributed by atoms with Gasteiger partial charge in [0.2, 0.25) is 10.0 Å². The number of hydrogen-bond donors (Lipinski definition) is 3. The Morgan fingerprint density at radius 2 is 2.13 bits per heavy atom. The molecule has 2 heterocycles. The summed E-state index contributed by atoms with van der Waals surface area (Å²) >= 11 is 1.82. The highest BCUT2D eigenvalue weighted by Gasteiger charge is 2.31. The zero-order valence-corrected chi connectivity index (χ0v) is 19.2. The van der Waals surface area contributed by atoms with E-state index in [0.717, 1.165) is 31.2 Å². The number of guanidine groups is 1. The Kier molecular flexibility index (Phi) is 7.87. The van der Waals surface area contributed by atoms with Crippen molar-refractivity contribution in [1.29, 1.82) is 0 Å². The van der Waals surface area contributed by atoms with Gasteiger partial charge in [0.05, 0.1) is 11.4 Å². The van der Waals surface area contributed by atoms with Crippen LogP contribution in [-0.4, -0.2) is 46.0 Å². The number of thiophene rings is 1. The second kappa shape index (κ2) is 10.4. The molecule has 9 heteroatoms.